The average Bonchev–Trinajstić information content (AvgIpc) is 2.76. The maximum atomic E-state index is 10.6. The lowest BCUT2D eigenvalue weighted by Gasteiger charge is -2.50. The normalized spacial score (nSPS) is 22.1. The molecule has 1 spiro atoms. The van der Waals surface area contributed by atoms with Crippen LogP contribution >= 0.6 is 0 Å². The quantitative estimate of drug-likeness (QED) is 0.702. The topological polar surface area (TPSA) is 49.3 Å². The molecule has 3 fully saturated rings. The maximum Gasteiger partial charge on any atom is 0.151 e. The van der Waals surface area contributed by atoms with Gasteiger partial charge in [0.05, 0.1) is 5.69 Å². The molecule has 1 aromatic carbocycles. The Morgan fingerprint density at radius 1 is 0.900 bits per heavy atom. The molecular weight excluding hydrogens is 372 g/mol. The number of piperidine rings is 2. The van der Waals surface area contributed by atoms with Crippen molar-refractivity contribution in [3.63, 3.8) is 0 Å². The third kappa shape index (κ3) is 4.00. The standard InChI is InChI=1S/C25H32N4O/c30-19-10-20-4-6-21(7-5-20)23-8-9-24(27-26-23)29-17-13-25(14-18-29)11-15-28(16-12-25)22-2-1-3-22/h4-9,19,22H,1-3,10-18H2. The van der Waals surface area contributed by atoms with Gasteiger partial charge in [0.1, 0.15) is 6.29 Å². The summed E-state index contributed by atoms with van der Waals surface area (Å²) >= 11 is 0. The zero-order valence-corrected chi connectivity index (χ0v) is 17.8. The largest absolute Gasteiger partial charge is 0.355 e. The fourth-order valence-electron chi connectivity index (χ4n) is 5.38. The van der Waals surface area contributed by atoms with Crippen LogP contribution in [0.5, 0.6) is 0 Å². The molecule has 0 atom stereocenters. The Labute approximate surface area is 179 Å². The molecule has 0 amide bonds. The summed E-state index contributed by atoms with van der Waals surface area (Å²) in [7, 11) is 0. The van der Waals surface area contributed by atoms with Crippen LogP contribution in [0.2, 0.25) is 0 Å². The van der Waals surface area contributed by atoms with Crippen LogP contribution in [0.1, 0.15) is 50.5 Å². The number of likely N-dealkylation sites (tertiary alicyclic amines) is 1. The number of hydrogen-bond donors (Lipinski definition) is 0. The van der Waals surface area contributed by atoms with E-state index in [0.717, 1.165) is 48.1 Å². The highest BCUT2D eigenvalue weighted by molar-refractivity contribution is 5.62. The van der Waals surface area contributed by atoms with Crippen molar-refractivity contribution in [3.8, 4) is 11.3 Å². The van der Waals surface area contributed by atoms with E-state index in [1.165, 1.54) is 58.0 Å². The van der Waals surface area contributed by atoms with E-state index in [4.69, 9.17) is 0 Å². The van der Waals surface area contributed by atoms with Crippen LogP contribution in [0.4, 0.5) is 5.82 Å². The Balaban J connectivity index is 1.17. The van der Waals surface area contributed by atoms with Crippen LogP contribution in [0.3, 0.4) is 0 Å². The zero-order valence-electron chi connectivity index (χ0n) is 17.8. The van der Waals surface area contributed by atoms with Gasteiger partial charge < -0.3 is 14.6 Å². The number of anilines is 1. The number of rotatable bonds is 5. The second kappa shape index (κ2) is 8.46. The summed E-state index contributed by atoms with van der Waals surface area (Å²) < 4.78 is 0. The van der Waals surface area contributed by atoms with Crippen molar-refractivity contribution in [3.05, 3.63) is 42.0 Å². The van der Waals surface area contributed by atoms with Crippen LogP contribution in [0, 0.1) is 5.41 Å². The minimum Gasteiger partial charge on any atom is -0.355 e. The van der Waals surface area contributed by atoms with Crippen LogP contribution in [-0.2, 0) is 11.2 Å². The maximum absolute atomic E-state index is 10.6. The molecule has 0 N–H and O–H groups in total. The summed E-state index contributed by atoms with van der Waals surface area (Å²) in [6.07, 6.45) is 11.0. The summed E-state index contributed by atoms with van der Waals surface area (Å²) in [6.45, 7) is 4.81. The van der Waals surface area contributed by atoms with Crippen molar-refractivity contribution in [2.24, 2.45) is 5.41 Å². The Morgan fingerprint density at radius 2 is 1.60 bits per heavy atom. The molecule has 1 saturated carbocycles. The Kier molecular flexibility index (Phi) is 5.55. The second-order valence-electron chi connectivity index (χ2n) is 9.45. The van der Waals surface area contributed by atoms with Crippen molar-refractivity contribution in [1.82, 2.24) is 15.1 Å². The van der Waals surface area contributed by atoms with E-state index in [9.17, 15) is 4.79 Å². The highest BCUT2D eigenvalue weighted by Gasteiger charge is 2.39. The van der Waals surface area contributed by atoms with Gasteiger partial charge in [-0.05, 0) is 74.7 Å². The van der Waals surface area contributed by atoms with Crippen LogP contribution in [0.15, 0.2) is 36.4 Å². The molecule has 2 aromatic rings. The minimum atomic E-state index is 0.458. The Morgan fingerprint density at radius 3 is 2.17 bits per heavy atom. The van der Waals surface area contributed by atoms with Crippen molar-refractivity contribution in [1.29, 1.82) is 0 Å². The molecule has 0 bridgehead atoms. The van der Waals surface area contributed by atoms with E-state index in [1.807, 2.05) is 24.3 Å². The number of aldehydes is 1. The molecule has 5 heteroatoms. The molecule has 3 heterocycles. The predicted molar refractivity (Wildman–Crippen MR) is 120 cm³/mol. The van der Waals surface area contributed by atoms with Crippen molar-refractivity contribution < 1.29 is 4.79 Å². The van der Waals surface area contributed by atoms with Gasteiger partial charge in [-0.1, -0.05) is 30.7 Å². The number of carbonyl (C=O) groups excluding carboxylic acids is 1. The first kappa shape index (κ1) is 19.7. The molecule has 158 valence electrons. The number of nitrogens with zero attached hydrogens (tertiary/aromatic N) is 4. The summed E-state index contributed by atoms with van der Waals surface area (Å²) in [4.78, 5) is 15.8. The van der Waals surface area contributed by atoms with Gasteiger partial charge in [-0.25, -0.2) is 0 Å². The molecule has 0 unspecified atom stereocenters. The number of aromatic nitrogens is 2. The fraction of sp³-hybridized carbons (Fsp3) is 0.560. The Hall–Kier alpha value is -2.27. The molecule has 3 aliphatic rings. The van der Waals surface area contributed by atoms with Gasteiger partial charge >= 0.3 is 0 Å². The van der Waals surface area contributed by atoms with Gasteiger partial charge in [0, 0.05) is 31.1 Å². The molecule has 30 heavy (non-hydrogen) atoms. The van der Waals surface area contributed by atoms with E-state index in [-0.39, 0.29) is 0 Å². The summed E-state index contributed by atoms with van der Waals surface area (Å²) in [6, 6.07) is 13.1. The monoisotopic (exact) mass is 404 g/mol. The van der Waals surface area contributed by atoms with Crippen molar-refractivity contribution >= 4 is 12.1 Å². The molecular formula is C25H32N4O. The molecule has 2 aliphatic heterocycles. The lowest BCUT2D eigenvalue weighted by Crippen LogP contribution is -2.51. The summed E-state index contributed by atoms with van der Waals surface area (Å²) in [5.74, 6) is 0.998. The smallest absolute Gasteiger partial charge is 0.151 e. The minimum absolute atomic E-state index is 0.458. The Bertz CT molecular complexity index is 842. The first-order chi connectivity index (χ1) is 14.7. The third-order valence-corrected chi connectivity index (χ3v) is 7.82. The second-order valence-corrected chi connectivity index (χ2v) is 9.45. The van der Waals surface area contributed by atoms with Crippen LogP contribution < -0.4 is 4.90 Å². The molecule has 5 rings (SSSR count). The number of hydrogen-bond acceptors (Lipinski definition) is 5. The van der Waals surface area contributed by atoms with Gasteiger partial charge in [-0.2, -0.15) is 0 Å². The lowest BCUT2D eigenvalue weighted by molar-refractivity contribution is -0.107. The van der Waals surface area contributed by atoms with Crippen molar-refractivity contribution in [2.75, 3.05) is 31.1 Å². The van der Waals surface area contributed by atoms with Gasteiger partial charge in [-0.3, -0.25) is 0 Å². The van der Waals surface area contributed by atoms with Gasteiger partial charge in [0.15, 0.2) is 5.82 Å². The number of benzene rings is 1. The van der Waals surface area contributed by atoms with E-state index < -0.39 is 0 Å². The van der Waals surface area contributed by atoms with Gasteiger partial charge in [-0.15, -0.1) is 10.2 Å². The van der Waals surface area contributed by atoms with Gasteiger partial charge in [0.25, 0.3) is 0 Å². The molecule has 0 radical (unpaired) electrons. The van der Waals surface area contributed by atoms with Gasteiger partial charge in [0.2, 0.25) is 0 Å². The summed E-state index contributed by atoms with van der Waals surface area (Å²) in [5, 5.41) is 9.02. The van der Waals surface area contributed by atoms with E-state index >= 15 is 0 Å². The SMILES string of the molecule is O=CCc1ccc(-c2ccc(N3CCC4(CC3)CCN(C3CCC3)CC4)nn2)cc1. The first-order valence-electron chi connectivity index (χ1n) is 11.6. The summed E-state index contributed by atoms with van der Waals surface area (Å²) in [5.41, 5.74) is 3.51. The zero-order chi connectivity index (χ0) is 20.4. The molecule has 1 aromatic heterocycles. The highest BCUT2D eigenvalue weighted by atomic mass is 16.1. The molecule has 1 aliphatic carbocycles. The van der Waals surface area contributed by atoms with Crippen LogP contribution in [-0.4, -0.2) is 53.6 Å². The van der Waals surface area contributed by atoms with E-state index in [2.05, 4.69) is 32.1 Å². The average molecular weight is 405 g/mol. The van der Waals surface area contributed by atoms with Crippen molar-refractivity contribution in [2.45, 2.75) is 57.4 Å². The molecule has 5 nitrogen and oxygen atoms in total. The highest BCUT2D eigenvalue weighted by Crippen LogP contribution is 2.43. The first-order valence-corrected chi connectivity index (χ1v) is 11.6. The number of carbonyl (C=O) groups is 1. The van der Waals surface area contributed by atoms with E-state index in [0.29, 0.717) is 11.8 Å². The lowest BCUT2D eigenvalue weighted by atomic mass is 9.70. The van der Waals surface area contributed by atoms with E-state index in [1.54, 1.807) is 0 Å². The van der Waals surface area contributed by atoms with Crippen LogP contribution in [0.25, 0.3) is 11.3 Å². The fourth-order valence-corrected chi connectivity index (χ4v) is 5.38. The predicted octanol–water partition coefficient (Wildman–Crippen LogP) is 4.12. The molecule has 2 saturated heterocycles. The third-order valence-electron chi connectivity index (χ3n) is 7.82.